The number of hydrogen-bond donors (Lipinski definition) is 6. The number of rotatable bonds is 6. The minimum Gasteiger partial charge on any atom is -0.387 e. The zero-order chi connectivity index (χ0) is 24.0. The first-order chi connectivity index (χ1) is 14.7. The van der Waals surface area contributed by atoms with Crippen LogP contribution in [-0.2, 0) is 18.8 Å². The number of amides is 1. The van der Waals surface area contributed by atoms with Crippen LogP contribution in [0.15, 0.2) is 6.33 Å². The molecule has 1 amide bonds. The molecule has 14 nitrogen and oxygen atoms in total. The summed E-state index contributed by atoms with van der Waals surface area (Å²) in [5, 5.41) is 23.1. The van der Waals surface area contributed by atoms with Gasteiger partial charge < -0.3 is 40.5 Å². The van der Waals surface area contributed by atoms with Crippen molar-refractivity contribution in [2.24, 2.45) is 0 Å². The van der Waals surface area contributed by atoms with Crippen LogP contribution in [0.1, 0.15) is 27.0 Å². The molecule has 32 heavy (non-hydrogen) atoms. The Kier molecular flexibility index (Phi) is 6.80. The van der Waals surface area contributed by atoms with Crippen molar-refractivity contribution in [3.8, 4) is 0 Å². The topological polar surface area (TPSA) is 215 Å². The van der Waals surface area contributed by atoms with E-state index in [0.29, 0.717) is 0 Å². The molecule has 0 radical (unpaired) electrons. The van der Waals surface area contributed by atoms with Crippen molar-refractivity contribution in [2.45, 2.75) is 56.7 Å². The van der Waals surface area contributed by atoms with Crippen LogP contribution in [-0.4, -0.2) is 81.7 Å². The van der Waals surface area contributed by atoms with E-state index in [1.54, 1.807) is 20.8 Å². The van der Waals surface area contributed by atoms with Gasteiger partial charge in [0, 0.05) is 5.54 Å². The number of aliphatic hydroxyl groups excluding tert-OH is 2. The van der Waals surface area contributed by atoms with Gasteiger partial charge in [-0.2, -0.15) is 9.97 Å². The summed E-state index contributed by atoms with van der Waals surface area (Å²) in [5.41, 5.74) is 5.32. The summed E-state index contributed by atoms with van der Waals surface area (Å²) >= 11 is 5.83. The van der Waals surface area contributed by atoms with Gasteiger partial charge in [0.05, 0.1) is 12.9 Å². The average molecular weight is 495 g/mol. The molecule has 16 heteroatoms. The minimum atomic E-state index is -5.01. The molecule has 7 N–H and O–H groups in total. The van der Waals surface area contributed by atoms with Crippen molar-refractivity contribution in [3.05, 3.63) is 11.6 Å². The summed E-state index contributed by atoms with van der Waals surface area (Å²) in [6, 6.07) is 0. The van der Waals surface area contributed by atoms with Gasteiger partial charge in [0.15, 0.2) is 17.7 Å². The van der Waals surface area contributed by atoms with E-state index in [-0.39, 0.29) is 22.3 Å². The fourth-order valence-electron chi connectivity index (χ4n) is 3.14. The van der Waals surface area contributed by atoms with Crippen LogP contribution in [0.5, 0.6) is 0 Å². The van der Waals surface area contributed by atoms with E-state index in [4.69, 9.17) is 26.8 Å². The van der Waals surface area contributed by atoms with E-state index in [1.807, 2.05) is 0 Å². The van der Waals surface area contributed by atoms with Crippen molar-refractivity contribution in [1.29, 1.82) is 0 Å². The smallest absolute Gasteiger partial charge is 0.363 e. The lowest BCUT2D eigenvalue weighted by molar-refractivity contribution is -0.134. The number of imidazole rings is 1. The van der Waals surface area contributed by atoms with Crippen molar-refractivity contribution in [2.75, 3.05) is 12.3 Å². The zero-order valence-corrected chi connectivity index (χ0v) is 18.9. The Labute approximate surface area is 186 Å². The molecule has 1 fully saturated rings. The Morgan fingerprint density at radius 2 is 2.03 bits per heavy atom. The maximum atomic E-state index is 12.3. The lowest BCUT2D eigenvalue weighted by atomic mass is 10.1. The van der Waals surface area contributed by atoms with Crippen LogP contribution < -0.4 is 11.1 Å². The predicted molar refractivity (Wildman–Crippen MR) is 110 cm³/mol. The number of aromatic nitrogens is 4. The average Bonchev–Trinajstić information content (AvgIpc) is 3.15. The van der Waals surface area contributed by atoms with Gasteiger partial charge in [-0.15, -0.1) is 0 Å². The summed E-state index contributed by atoms with van der Waals surface area (Å²) in [7, 11) is -5.01. The minimum absolute atomic E-state index is 0.000940. The van der Waals surface area contributed by atoms with Crippen LogP contribution >= 0.6 is 19.2 Å². The van der Waals surface area contributed by atoms with Crippen molar-refractivity contribution in [1.82, 2.24) is 24.8 Å². The first-order valence-corrected chi connectivity index (χ1v) is 11.4. The van der Waals surface area contributed by atoms with Gasteiger partial charge in [0.1, 0.15) is 23.8 Å². The number of ether oxygens (including phenoxy) is 2. The van der Waals surface area contributed by atoms with E-state index in [0.717, 1.165) is 0 Å². The van der Waals surface area contributed by atoms with Gasteiger partial charge in [0.25, 0.3) is 5.91 Å². The highest BCUT2D eigenvalue weighted by Crippen LogP contribution is 2.43. The predicted octanol–water partition coefficient (Wildman–Crippen LogP) is -0.884. The number of aliphatic hydroxyl groups is 2. The van der Waals surface area contributed by atoms with Crippen molar-refractivity contribution in [3.63, 3.8) is 0 Å². The number of halogens is 1. The molecular weight excluding hydrogens is 471 g/mol. The van der Waals surface area contributed by atoms with Crippen molar-refractivity contribution >= 4 is 42.1 Å². The molecule has 1 saturated heterocycles. The fraction of sp³-hybridized carbons (Fsp3) is 0.625. The number of carbonyl (C=O) groups excluding carboxylic acids is 1. The Bertz CT molecular complexity index is 1060. The summed E-state index contributed by atoms with van der Waals surface area (Å²) in [5.74, 6) is -3.16. The van der Waals surface area contributed by atoms with Crippen LogP contribution in [0.2, 0.25) is 5.28 Å². The highest BCUT2D eigenvalue weighted by Gasteiger charge is 2.46. The molecule has 0 unspecified atom stereocenters. The molecule has 0 bridgehead atoms. The second-order valence-corrected chi connectivity index (χ2v) is 10.2. The highest BCUT2D eigenvalue weighted by atomic mass is 35.5. The maximum Gasteiger partial charge on any atom is 0.363 e. The Balaban J connectivity index is 1.78. The largest absolute Gasteiger partial charge is 0.387 e. The van der Waals surface area contributed by atoms with Crippen LogP contribution in [0.25, 0.3) is 11.2 Å². The molecule has 5 atom stereocenters. The first-order valence-electron chi connectivity index (χ1n) is 9.35. The molecule has 3 heterocycles. The molecule has 178 valence electrons. The Hall–Kier alpha value is -1.90. The molecule has 1 aliphatic heterocycles. The third-order valence-corrected chi connectivity index (χ3v) is 5.64. The molecule has 0 saturated carbocycles. The van der Waals surface area contributed by atoms with Crippen LogP contribution in [0.3, 0.4) is 0 Å². The van der Waals surface area contributed by atoms with Gasteiger partial charge >= 0.3 is 7.60 Å². The number of hydrogen-bond acceptors (Lipinski definition) is 10. The van der Waals surface area contributed by atoms with E-state index < -0.39 is 56.0 Å². The lowest BCUT2D eigenvalue weighted by Crippen LogP contribution is -2.47. The third kappa shape index (κ3) is 5.18. The van der Waals surface area contributed by atoms with Gasteiger partial charge in [0.2, 0.25) is 11.1 Å². The Morgan fingerprint density at radius 3 is 2.62 bits per heavy atom. The molecule has 0 aliphatic carbocycles. The first kappa shape index (κ1) is 24.7. The van der Waals surface area contributed by atoms with E-state index in [9.17, 15) is 29.4 Å². The Morgan fingerprint density at radius 1 is 1.38 bits per heavy atom. The summed E-state index contributed by atoms with van der Waals surface area (Å²) in [6.07, 6.45) is -4.20. The molecule has 0 aromatic carbocycles. The molecule has 1 aliphatic rings. The molecule has 0 spiro atoms. The zero-order valence-electron chi connectivity index (χ0n) is 17.3. The van der Waals surface area contributed by atoms with Gasteiger partial charge in [-0.25, -0.2) is 4.98 Å². The number of nitrogens with zero attached hydrogens (tertiary/aromatic N) is 4. The van der Waals surface area contributed by atoms with Gasteiger partial charge in [-0.05, 0) is 32.4 Å². The summed E-state index contributed by atoms with van der Waals surface area (Å²) in [4.78, 5) is 43.2. The quantitative estimate of drug-likeness (QED) is 0.213. The molecule has 2 aromatic rings. The maximum absolute atomic E-state index is 12.3. The number of nitrogen functional groups attached to an aromatic ring is 1. The number of anilines is 1. The monoisotopic (exact) mass is 494 g/mol. The second-order valence-electron chi connectivity index (χ2n) is 8.26. The highest BCUT2D eigenvalue weighted by molar-refractivity contribution is 7.53. The molecule has 2 aromatic heterocycles. The van der Waals surface area contributed by atoms with E-state index in [1.165, 1.54) is 10.9 Å². The van der Waals surface area contributed by atoms with Crippen LogP contribution in [0.4, 0.5) is 5.82 Å². The number of carbonyl (C=O) groups is 1. The number of nitrogens with two attached hydrogens (primary N) is 1. The van der Waals surface area contributed by atoms with E-state index in [2.05, 4.69) is 20.3 Å². The number of fused-ring (bicyclic) bond motifs is 1. The van der Waals surface area contributed by atoms with Gasteiger partial charge in [-0.1, -0.05) is 0 Å². The third-order valence-electron chi connectivity index (χ3n) is 4.48. The van der Waals surface area contributed by atoms with Crippen molar-refractivity contribution < 1.29 is 38.8 Å². The normalized spacial score (nSPS) is 25.2. The van der Waals surface area contributed by atoms with Gasteiger partial charge in [-0.3, -0.25) is 13.9 Å². The SMILES string of the molecule is CC(C)(C)NC(=O)[C@@H](OC[C@H]1O[C@@H](n2cnc3c(N)nc(Cl)nc32)[C@H](O)[C@@H]1O)P(=O)(O)O. The standard InChI is InChI=1S/C16H24ClN6O8P/c1-16(2,3)22-12(26)14(32(27,28)29)30-4-6-8(24)9(25)13(31-6)23-5-19-7-10(18)20-15(17)21-11(7)23/h5-6,8-9,13-14,24-25H,4H2,1-3H3,(H,22,26)(H2,18,20,21)(H2,27,28,29)/t6-,8-,9-,13-,14+/m1/s1. The number of nitrogens with one attached hydrogen (secondary N) is 1. The summed E-state index contributed by atoms with van der Waals surface area (Å²) in [6.45, 7) is 4.28. The van der Waals surface area contributed by atoms with E-state index >= 15 is 0 Å². The molecule has 3 rings (SSSR count). The lowest BCUT2D eigenvalue weighted by Gasteiger charge is -2.26. The summed E-state index contributed by atoms with van der Waals surface area (Å²) < 4.78 is 23.8. The second kappa shape index (κ2) is 8.80. The van der Waals surface area contributed by atoms with Crippen LogP contribution in [0, 0.1) is 0 Å². The molecular formula is C16H24ClN6O8P. The fourth-order valence-corrected chi connectivity index (χ4v) is 3.96.